The van der Waals surface area contributed by atoms with Gasteiger partial charge in [-0.05, 0) is 42.5 Å². The van der Waals surface area contributed by atoms with Crippen LogP contribution in [0.25, 0.3) is 68.0 Å². The van der Waals surface area contributed by atoms with E-state index in [4.69, 9.17) is 0 Å². The fraction of sp³-hybridized carbons (Fsp3) is 0. The second-order valence-electron chi connectivity index (χ2n) is 8.34. The lowest BCUT2D eigenvalue weighted by Crippen LogP contribution is -1.93. The summed E-state index contributed by atoms with van der Waals surface area (Å²) in [7, 11) is 0. The predicted octanol–water partition coefficient (Wildman–Crippen LogP) is 8.31. The number of thiophene rings is 2. The number of nitrogens with zero attached hydrogens (tertiary/aromatic N) is 3. The van der Waals surface area contributed by atoms with Gasteiger partial charge in [0, 0.05) is 58.3 Å². The normalized spacial score (nSPS) is 12.2. The standard InChI is InChI=1S/C28H15N3S2/c1-3-7-23-17(5-1)19-12-21-22-14-29-15-30-28(22)33-27(21)13-24(19)31(23)16-9-10-26-20(11-16)18-6-2-4-8-25(18)32-26/h1-15H. The number of aromatic nitrogens is 3. The topological polar surface area (TPSA) is 30.7 Å². The summed E-state index contributed by atoms with van der Waals surface area (Å²) in [5, 5.41) is 7.52. The zero-order valence-corrected chi connectivity index (χ0v) is 19.0. The fourth-order valence-corrected chi connectivity index (χ4v) is 7.23. The fourth-order valence-electron chi connectivity index (χ4n) is 5.11. The summed E-state index contributed by atoms with van der Waals surface area (Å²) in [6.45, 7) is 0. The first kappa shape index (κ1) is 17.7. The summed E-state index contributed by atoms with van der Waals surface area (Å²) >= 11 is 3.59. The van der Waals surface area contributed by atoms with Crippen LogP contribution in [0.15, 0.2) is 91.4 Å². The van der Waals surface area contributed by atoms with Gasteiger partial charge in [0.2, 0.25) is 0 Å². The van der Waals surface area contributed by atoms with Crippen LogP contribution in [0.1, 0.15) is 0 Å². The summed E-state index contributed by atoms with van der Waals surface area (Å²) < 4.78 is 6.31. The van der Waals surface area contributed by atoms with Gasteiger partial charge in [-0.3, -0.25) is 0 Å². The second-order valence-corrected chi connectivity index (χ2v) is 10.5. The molecule has 5 heteroatoms. The zero-order chi connectivity index (χ0) is 21.5. The smallest absolute Gasteiger partial charge is 0.127 e. The highest BCUT2D eigenvalue weighted by Crippen LogP contribution is 2.41. The molecule has 0 saturated heterocycles. The summed E-state index contributed by atoms with van der Waals surface area (Å²) in [5.41, 5.74) is 3.64. The SMILES string of the molecule is c1ccc2c(c1)sc1ccc(-n3c4ccccc4c4cc5c(cc43)sc3ncncc35)cc12. The first-order valence-corrected chi connectivity index (χ1v) is 12.5. The van der Waals surface area contributed by atoms with Gasteiger partial charge in [0.15, 0.2) is 0 Å². The largest absolute Gasteiger partial charge is 0.309 e. The molecule has 0 fully saturated rings. The quantitative estimate of drug-likeness (QED) is 0.248. The Morgan fingerprint density at radius 3 is 2.36 bits per heavy atom. The van der Waals surface area contributed by atoms with Crippen LogP contribution in [-0.2, 0) is 0 Å². The first-order valence-electron chi connectivity index (χ1n) is 10.8. The van der Waals surface area contributed by atoms with Gasteiger partial charge in [0.1, 0.15) is 11.2 Å². The van der Waals surface area contributed by atoms with E-state index in [0.717, 1.165) is 10.2 Å². The highest BCUT2D eigenvalue weighted by Gasteiger charge is 2.16. The van der Waals surface area contributed by atoms with Crippen molar-refractivity contribution in [2.75, 3.05) is 0 Å². The summed E-state index contributed by atoms with van der Waals surface area (Å²) in [6, 6.07) is 28.9. The molecular formula is C28H15N3S2. The molecule has 0 bridgehead atoms. The van der Waals surface area contributed by atoms with Crippen molar-refractivity contribution in [2.45, 2.75) is 0 Å². The predicted molar refractivity (Wildman–Crippen MR) is 142 cm³/mol. The lowest BCUT2D eigenvalue weighted by molar-refractivity contribution is 1.19. The number of benzene rings is 4. The van der Waals surface area contributed by atoms with E-state index >= 15 is 0 Å². The van der Waals surface area contributed by atoms with E-state index < -0.39 is 0 Å². The lowest BCUT2D eigenvalue weighted by atomic mass is 10.1. The number of hydrogen-bond acceptors (Lipinski definition) is 4. The first-order chi connectivity index (χ1) is 16.3. The van der Waals surface area contributed by atoms with Gasteiger partial charge in [-0.2, -0.15) is 0 Å². The minimum atomic E-state index is 1.04. The van der Waals surface area contributed by atoms with Crippen LogP contribution in [0.2, 0.25) is 0 Å². The molecular weight excluding hydrogens is 442 g/mol. The number of fused-ring (bicyclic) bond motifs is 9. The molecule has 0 atom stereocenters. The van der Waals surface area contributed by atoms with E-state index in [1.54, 1.807) is 17.7 Å². The van der Waals surface area contributed by atoms with Crippen molar-refractivity contribution in [1.82, 2.24) is 14.5 Å². The van der Waals surface area contributed by atoms with E-state index in [2.05, 4.69) is 93.4 Å². The Kier molecular flexibility index (Phi) is 3.42. The summed E-state index contributed by atoms with van der Waals surface area (Å²) in [6.07, 6.45) is 3.56. The van der Waals surface area contributed by atoms with Crippen molar-refractivity contribution < 1.29 is 0 Å². The molecule has 0 spiro atoms. The van der Waals surface area contributed by atoms with Crippen molar-refractivity contribution >= 4 is 85.0 Å². The Labute approximate surface area is 196 Å². The lowest BCUT2D eigenvalue weighted by Gasteiger charge is -2.08. The molecule has 0 radical (unpaired) electrons. The van der Waals surface area contributed by atoms with Crippen molar-refractivity contribution in [3.05, 3.63) is 91.4 Å². The van der Waals surface area contributed by atoms with Gasteiger partial charge >= 0.3 is 0 Å². The van der Waals surface area contributed by atoms with Crippen molar-refractivity contribution in [3.63, 3.8) is 0 Å². The van der Waals surface area contributed by atoms with Crippen LogP contribution >= 0.6 is 22.7 Å². The van der Waals surface area contributed by atoms with E-state index in [1.807, 2.05) is 17.5 Å². The Morgan fingerprint density at radius 2 is 1.39 bits per heavy atom. The van der Waals surface area contributed by atoms with Crippen LogP contribution in [0.4, 0.5) is 0 Å². The molecule has 0 aliphatic carbocycles. The molecule has 3 nitrogen and oxygen atoms in total. The molecule has 8 aromatic rings. The molecule has 4 aromatic carbocycles. The Bertz CT molecular complexity index is 2040. The van der Waals surface area contributed by atoms with Gasteiger partial charge in [0.25, 0.3) is 0 Å². The van der Waals surface area contributed by atoms with Gasteiger partial charge in [-0.25, -0.2) is 9.97 Å². The number of rotatable bonds is 1. The minimum Gasteiger partial charge on any atom is -0.309 e. The van der Waals surface area contributed by atoms with E-state index in [9.17, 15) is 0 Å². The Balaban J connectivity index is 1.52. The maximum absolute atomic E-state index is 4.50. The molecule has 0 aliphatic rings. The summed E-state index contributed by atoms with van der Waals surface area (Å²) in [5.74, 6) is 0. The summed E-state index contributed by atoms with van der Waals surface area (Å²) in [4.78, 5) is 9.80. The van der Waals surface area contributed by atoms with Crippen LogP contribution in [-0.4, -0.2) is 14.5 Å². The van der Waals surface area contributed by atoms with Gasteiger partial charge in [0.05, 0.1) is 11.0 Å². The van der Waals surface area contributed by atoms with Gasteiger partial charge < -0.3 is 4.57 Å². The van der Waals surface area contributed by atoms with Crippen molar-refractivity contribution in [3.8, 4) is 5.69 Å². The highest BCUT2D eigenvalue weighted by molar-refractivity contribution is 7.26. The second kappa shape index (κ2) is 6.38. The van der Waals surface area contributed by atoms with Crippen molar-refractivity contribution in [1.29, 1.82) is 0 Å². The molecule has 0 amide bonds. The van der Waals surface area contributed by atoms with Gasteiger partial charge in [-0.15, -0.1) is 22.7 Å². The van der Waals surface area contributed by atoms with Crippen LogP contribution in [0.3, 0.4) is 0 Å². The van der Waals surface area contributed by atoms with E-state index in [0.29, 0.717) is 0 Å². The van der Waals surface area contributed by atoms with Crippen LogP contribution in [0.5, 0.6) is 0 Å². The van der Waals surface area contributed by atoms with E-state index in [1.165, 1.54) is 57.8 Å². The maximum atomic E-state index is 4.50. The average molecular weight is 458 g/mol. The molecule has 0 aliphatic heterocycles. The Morgan fingerprint density at radius 1 is 0.576 bits per heavy atom. The molecule has 0 N–H and O–H groups in total. The van der Waals surface area contributed by atoms with Crippen LogP contribution < -0.4 is 0 Å². The van der Waals surface area contributed by atoms with E-state index in [-0.39, 0.29) is 0 Å². The highest BCUT2D eigenvalue weighted by atomic mass is 32.1. The third kappa shape index (κ3) is 2.38. The third-order valence-corrected chi connectivity index (χ3v) is 8.79. The third-order valence-electron chi connectivity index (χ3n) is 6.56. The molecule has 154 valence electrons. The molecule has 8 rings (SSSR count). The average Bonchev–Trinajstić information content (AvgIpc) is 3.51. The number of para-hydroxylation sites is 1. The molecule has 4 heterocycles. The molecule has 4 aromatic heterocycles. The number of hydrogen-bond donors (Lipinski definition) is 0. The maximum Gasteiger partial charge on any atom is 0.127 e. The van der Waals surface area contributed by atoms with Crippen LogP contribution in [0, 0.1) is 0 Å². The molecule has 0 unspecified atom stereocenters. The van der Waals surface area contributed by atoms with Crippen molar-refractivity contribution in [2.24, 2.45) is 0 Å². The monoisotopic (exact) mass is 457 g/mol. The zero-order valence-electron chi connectivity index (χ0n) is 17.3. The minimum absolute atomic E-state index is 1.04. The van der Waals surface area contributed by atoms with Gasteiger partial charge in [-0.1, -0.05) is 36.4 Å². The molecule has 33 heavy (non-hydrogen) atoms. The Hall–Kier alpha value is -3.80. The molecule has 0 saturated carbocycles.